The van der Waals surface area contributed by atoms with Crippen molar-refractivity contribution >= 4 is 40.9 Å². The number of carbonyl (C=O) groups is 2. The Bertz CT molecular complexity index is 1000. The van der Waals surface area contributed by atoms with E-state index >= 15 is 0 Å². The third-order valence-electron chi connectivity index (χ3n) is 4.98. The van der Waals surface area contributed by atoms with Gasteiger partial charge in [-0.05, 0) is 64.3 Å². The van der Waals surface area contributed by atoms with E-state index in [-0.39, 0.29) is 23.1 Å². The van der Waals surface area contributed by atoms with Gasteiger partial charge in [0.15, 0.2) is 5.82 Å². The number of nitrogens with zero attached hydrogens (tertiary/aromatic N) is 4. The predicted molar refractivity (Wildman–Crippen MR) is 125 cm³/mol. The van der Waals surface area contributed by atoms with Gasteiger partial charge in [-0.1, -0.05) is 0 Å². The molecule has 0 aliphatic carbocycles. The second kappa shape index (κ2) is 10.2. The minimum absolute atomic E-state index is 0.0921. The highest BCUT2D eigenvalue weighted by Crippen LogP contribution is 2.30. The van der Waals surface area contributed by atoms with Crippen LogP contribution in [0, 0.1) is 6.92 Å². The number of likely N-dealkylation sites (tertiary alicyclic amines) is 1. The molecule has 0 saturated carbocycles. The Morgan fingerprint density at radius 1 is 1.18 bits per heavy atom. The predicted octanol–water partition coefficient (Wildman–Crippen LogP) is 4.18. The number of nitrogens with one attached hydrogen (secondary N) is 2. The van der Waals surface area contributed by atoms with Crippen LogP contribution in [0.4, 0.5) is 22.0 Å². The van der Waals surface area contributed by atoms with Gasteiger partial charge in [0, 0.05) is 19.1 Å². The topological polar surface area (TPSA) is 119 Å². The summed E-state index contributed by atoms with van der Waals surface area (Å²) < 4.78 is 10.1. The Hall–Kier alpha value is -3.14. The highest BCUT2D eigenvalue weighted by Gasteiger charge is 2.27. The summed E-state index contributed by atoms with van der Waals surface area (Å²) in [5, 5.41) is 6.81. The second-order valence-corrected chi connectivity index (χ2v) is 9.07. The summed E-state index contributed by atoms with van der Waals surface area (Å²) in [6.07, 6.45) is 2.69. The van der Waals surface area contributed by atoms with Crippen molar-refractivity contribution in [3.63, 3.8) is 0 Å². The van der Waals surface area contributed by atoms with Crippen LogP contribution in [0.5, 0.6) is 0 Å². The minimum Gasteiger partial charge on any atom is -0.464 e. The Labute approximate surface area is 198 Å². The van der Waals surface area contributed by atoms with Crippen molar-refractivity contribution < 1.29 is 19.1 Å². The molecule has 1 aliphatic rings. The number of aryl methyl sites for hydroxylation is 1. The minimum atomic E-state index is -0.522. The first-order valence-electron chi connectivity index (χ1n) is 10.7. The molecule has 0 radical (unpaired) electrons. The first-order chi connectivity index (χ1) is 15.6. The number of hydrogen-bond acceptors (Lipinski definition) is 9. The van der Waals surface area contributed by atoms with Gasteiger partial charge in [0.2, 0.25) is 5.28 Å². The van der Waals surface area contributed by atoms with Crippen molar-refractivity contribution in [2.75, 3.05) is 30.8 Å². The number of rotatable bonds is 5. The van der Waals surface area contributed by atoms with Crippen LogP contribution in [0.1, 0.15) is 49.8 Å². The molecule has 1 saturated heterocycles. The largest absolute Gasteiger partial charge is 0.464 e. The van der Waals surface area contributed by atoms with Gasteiger partial charge in [0.1, 0.15) is 17.0 Å². The molecule has 0 aromatic carbocycles. The molecule has 2 aromatic heterocycles. The van der Waals surface area contributed by atoms with Gasteiger partial charge in [-0.15, -0.1) is 0 Å². The van der Waals surface area contributed by atoms with E-state index < -0.39 is 11.6 Å². The molecule has 1 aliphatic heterocycles. The lowest BCUT2D eigenvalue weighted by Gasteiger charge is -2.34. The second-order valence-electron chi connectivity index (χ2n) is 8.74. The maximum atomic E-state index is 12.3. The molecule has 3 rings (SSSR count). The third-order valence-corrected chi connectivity index (χ3v) is 5.15. The zero-order valence-electron chi connectivity index (χ0n) is 19.4. The number of anilines is 3. The molecule has 3 heterocycles. The van der Waals surface area contributed by atoms with Crippen LogP contribution >= 0.6 is 11.6 Å². The molecular formula is C22H29ClN6O4. The number of methoxy groups -OCH3 is 1. The Balaban J connectivity index is 1.69. The first-order valence-corrected chi connectivity index (χ1v) is 11.0. The lowest BCUT2D eigenvalue weighted by atomic mass is 10.1. The molecule has 2 aromatic rings. The highest BCUT2D eigenvalue weighted by molar-refractivity contribution is 6.28. The van der Waals surface area contributed by atoms with E-state index in [0.717, 1.165) is 12.8 Å². The van der Waals surface area contributed by atoms with E-state index in [4.69, 9.17) is 16.3 Å². The Kier molecular flexibility index (Phi) is 7.57. The average Bonchev–Trinajstić information content (AvgIpc) is 2.75. The molecule has 178 valence electrons. The van der Waals surface area contributed by atoms with Crippen molar-refractivity contribution in [2.45, 2.75) is 52.2 Å². The molecule has 33 heavy (non-hydrogen) atoms. The van der Waals surface area contributed by atoms with Crippen LogP contribution < -0.4 is 10.6 Å². The third kappa shape index (κ3) is 6.67. The summed E-state index contributed by atoms with van der Waals surface area (Å²) in [6, 6.07) is 3.38. The molecule has 2 N–H and O–H groups in total. The molecule has 1 amide bonds. The van der Waals surface area contributed by atoms with Crippen LogP contribution in [0.3, 0.4) is 0 Å². The quantitative estimate of drug-likeness (QED) is 0.483. The molecule has 11 heteroatoms. The number of ether oxygens (including phenoxy) is 2. The summed E-state index contributed by atoms with van der Waals surface area (Å²) in [4.78, 5) is 38.4. The van der Waals surface area contributed by atoms with E-state index in [9.17, 15) is 9.59 Å². The maximum absolute atomic E-state index is 12.3. The summed E-state index contributed by atoms with van der Waals surface area (Å²) in [5.41, 5.74) is 1.65. The lowest BCUT2D eigenvalue weighted by Crippen LogP contribution is -2.44. The fraction of sp³-hybridized carbons (Fsp3) is 0.500. The SMILES string of the molecule is COC(=O)c1ccc(Nc2c(C)nc(Cl)nc2NC2CCN(C(=O)OC(C)(C)C)CC2)cn1. The Morgan fingerprint density at radius 3 is 2.45 bits per heavy atom. The fourth-order valence-corrected chi connectivity index (χ4v) is 3.57. The number of aromatic nitrogens is 3. The molecule has 1 fully saturated rings. The Morgan fingerprint density at radius 2 is 1.88 bits per heavy atom. The zero-order valence-corrected chi connectivity index (χ0v) is 20.2. The van der Waals surface area contributed by atoms with Crippen molar-refractivity contribution in [1.29, 1.82) is 0 Å². The van der Waals surface area contributed by atoms with E-state index in [1.165, 1.54) is 13.3 Å². The zero-order chi connectivity index (χ0) is 24.2. The average molecular weight is 477 g/mol. The standard InChI is InChI=1S/C22H29ClN6O4/c1-13-17(26-15-6-7-16(24-12-15)19(30)32-5)18(28-20(23)25-13)27-14-8-10-29(11-9-14)21(31)33-22(2,3)4/h6-7,12,14,26H,8-11H2,1-5H3,(H,25,27,28). The molecule has 0 bridgehead atoms. The number of amides is 1. The molecule has 0 atom stereocenters. The number of pyridine rings is 1. The van der Waals surface area contributed by atoms with Crippen LogP contribution in [0.15, 0.2) is 18.3 Å². The highest BCUT2D eigenvalue weighted by atomic mass is 35.5. The van der Waals surface area contributed by atoms with E-state index in [0.29, 0.717) is 36.0 Å². The summed E-state index contributed by atoms with van der Waals surface area (Å²) in [5.74, 6) is 0.0490. The molecule has 0 unspecified atom stereocenters. The molecular weight excluding hydrogens is 448 g/mol. The van der Waals surface area contributed by atoms with E-state index in [2.05, 4.69) is 30.3 Å². The monoisotopic (exact) mass is 476 g/mol. The molecule has 0 spiro atoms. The van der Waals surface area contributed by atoms with Crippen molar-refractivity contribution in [1.82, 2.24) is 19.9 Å². The lowest BCUT2D eigenvalue weighted by molar-refractivity contribution is 0.0210. The van der Waals surface area contributed by atoms with Crippen molar-refractivity contribution in [3.05, 3.63) is 35.0 Å². The summed E-state index contributed by atoms with van der Waals surface area (Å²) in [6.45, 7) is 8.54. The van der Waals surface area contributed by atoms with Crippen LogP contribution in [0.25, 0.3) is 0 Å². The van der Waals surface area contributed by atoms with Gasteiger partial charge in [-0.2, -0.15) is 4.98 Å². The van der Waals surface area contributed by atoms with Gasteiger partial charge in [0.05, 0.1) is 24.7 Å². The first kappa shape index (κ1) is 24.5. The van der Waals surface area contributed by atoms with E-state index in [1.807, 2.05) is 27.7 Å². The van der Waals surface area contributed by atoms with E-state index in [1.54, 1.807) is 17.0 Å². The van der Waals surface area contributed by atoms with Crippen LogP contribution in [-0.4, -0.2) is 63.8 Å². The number of piperidine rings is 1. The van der Waals surface area contributed by atoms with Gasteiger partial charge >= 0.3 is 12.1 Å². The fourth-order valence-electron chi connectivity index (χ4n) is 3.36. The van der Waals surface area contributed by atoms with Crippen LogP contribution in [-0.2, 0) is 9.47 Å². The van der Waals surface area contributed by atoms with Crippen molar-refractivity contribution in [3.8, 4) is 0 Å². The normalized spacial score (nSPS) is 14.5. The van der Waals surface area contributed by atoms with Crippen LogP contribution in [0.2, 0.25) is 5.28 Å². The number of hydrogen-bond donors (Lipinski definition) is 2. The summed E-state index contributed by atoms with van der Waals surface area (Å²) >= 11 is 6.12. The number of halogens is 1. The number of esters is 1. The maximum Gasteiger partial charge on any atom is 0.410 e. The molecule has 10 nitrogen and oxygen atoms in total. The van der Waals surface area contributed by atoms with Gasteiger partial charge in [-0.3, -0.25) is 0 Å². The number of carbonyl (C=O) groups excluding carboxylic acids is 2. The van der Waals surface area contributed by atoms with Gasteiger partial charge in [-0.25, -0.2) is 19.6 Å². The summed E-state index contributed by atoms with van der Waals surface area (Å²) in [7, 11) is 1.31. The smallest absolute Gasteiger partial charge is 0.410 e. The van der Waals surface area contributed by atoms with Gasteiger partial charge in [0.25, 0.3) is 0 Å². The van der Waals surface area contributed by atoms with Gasteiger partial charge < -0.3 is 25.0 Å². The van der Waals surface area contributed by atoms with Crippen molar-refractivity contribution in [2.24, 2.45) is 0 Å².